The Morgan fingerprint density at radius 1 is 0.632 bits per heavy atom. The lowest BCUT2D eigenvalue weighted by Crippen LogP contribution is -2.19. The van der Waals surface area contributed by atoms with Gasteiger partial charge >= 0.3 is 0 Å². The molecule has 0 aromatic heterocycles. The summed E-state index contributed by atoms with van der Waals surface area (Å²) >= 11 is 0. The quantitative estimate of drug-likeness (QED) is 0.0924. The first-order valence-corrected chi connectivity index (χ1v) is 16.3. The number of allylic oxidation sites excluding steroid dienone is 1. The van der Waals surface area contributed by atoms with E-state index >= 15 is 0 Å². The van der Waals surface area contributed by atoms with Crippen LogP contribution in [0.25, 0.3) is 11.1 Å². The molecule has 3 heteroatoms. The summed E-state index contributed by atoms with van der Waals surface area (Å²) in [5.41, 5.74) is 6.64. The molecule has 0 fully saturated rings. The highest BCUT2D eigenvalue weighted by Gasteiger charge is 2.14. The van der Waals surface area contributed by atoms with Crippen molar-refractivity contribution >= 4 is 19.7 Å². The van der Waals surface area contributed by atoms with Gasteiger partial charge in [-0.15, -0.1) is 8.58 Å². The van der Waals surface area contributed by atoms with Crippen LogP contribution in [-0.4, -0.2) is 45.0 Å². The lowest BCUT2D eigenvalue weighted by molar-refractivity contribution is 0.261. The van der Waals surface area contributed by atoms with Gasteiger partial charge in [-0.3, -0.25) is 0 Å². The second-order valence-corrected chi connectivity index (χ2v) is 11.7. The third kappa shape index (κ3) is 10.8. The third-order valence-corrected chi connectivity index (χ3v) is 7.89. The predicted octanol–water partition coefficient (Wildman–Crippen LogP) is 9.41. The van der Waals surface area contributed by atoms with E-state index in [2.05, 4.69) is 111 Å². The summed E-state index contributed by atoms with van der Waals surface area (Å²) in [6.07, 6.45) is 13.4. The molecular formula is C35H48NOP. The van der Waals surface area contributed by atoms with Crippen molar-refractivity contribution < 1.29 is 4.74 Å². The molecule has 38 heavy (non-hydrogen) atoms. The Balaban J connectivity index is 1.76. The minimum atomic E-state index is 0.696. The van der Waals surface area contributed by atoms with Crippen molar-refractivity contribution in [3.8, 4) is 5.75 Å². The van der Waals surface area contributed by atoms with Crippen molar-refractivity contribution in [3.63, 3.8) is 0 Å². The maximum Gasteiger partial charge on any atom is 0.119 e. The van der Waals surface area contributed by atoms with Crippen LogP contribution in [0.15, 0.2) is 84.9 Å². The summed E-state index contributed by atoms with van der Waals surface area (Å²) in [6.45, 7) is 3.93. The average molecular weight is 530 g/mol. The first-order valence-electron chi connectivity index (χ1n) is 14.6. The van der Waals surface area contributed by atoms with E-state index in [0.29, 0.717) is 6.61 Å². The van der Waals surface area contributed by atoms with Crippen molar-refractivity contribution in [2.75, 3.05) is 40.1 Å². The van der Waals surface area contributed by atoms with E-state index in [0.717, 1.165) is 27.3 Å². The van der Waals surface area contributed by atoms with Gasteiger partial charge in [-0.2, -0.15) is 0 Å². The molecule has 0 aliphatic heterocycles. The van der Waals surface area contributed by atoms with Crippen LogP contribution in [0.5, 0.6) is 5.75 Å². The topological polar surface area (TPSA) is 12.5 Å². The lowest BCUT2D eigenvalue weighted by Gasteiger charge is -2.18. The molecule has 3 aromatic rings. The average Bonchev–Trinajstić information content (AvgIpc) is 2.95. The van der Waals surface area contributed by atoms with Gasteiger partial charge in [-0.25, -0.2) is 0 Å². The minimum absolute atomic E-state index is 0.696. The Morgan fingerprint density at radius 2 is 1.16 bits per heavy atom. The zero-order valence-electron chi connectivity index (χ0n) is 23.9. The Bertz CT molecular complexity index is 1040. The maximum absolute atomic E-state index is 5.98. The van der Waals surface area contributed by atoms with Crippen molar-refractivity contribution in [2.45, 2.75) is 57.8 Å². The highest BCUT2D eigenvalue weighted by molar-refractivity contribution is 7.36. The van der Waals surface area contributed by atoms with Gasteiger partial charge in [0.15, 0.2) is 0 Å². The van der Waals surface area contributed by atoms with Crippen LogP contribution in [0.3, 0.4) is 0 Å². The Morgan fingerprint density at radius 3 is 1.74 bits per heavy atom. The number of nitrogens with zero attached hydrogens (tertiary/aromatic N) is 1. The molecule has 0 N–H and O–H groups in total. The van der Waals surface area contributed by atoms with Gasteiger partial charge in [0.1, 0.15) is 12.4 Å². The van der Waals surface area contributed by atoms with Gasteiger partial charge < -0.3 is 9.64 Å². The zero-order valence-corrected chi connectivity index (χ0v) is 24.9. The molecule has 1 unspecified atom stereocenters. The largest absolute Gasteiger partial charge is 0.492 e. The smallest absolute Gasteiger partial charge is 0.119 e. The molecule has 0 saturated heterocycles. The molecule has 3 aromatic carbocycles. The number of hydrogen-bond donors (Lipinski definition) is 0. The van der Waals surface area contributed by atoms with Gasteiger partial charge in [-0.05, 0) is 86.2 Å². The SMILES string of the molecule is CPCCCCCCCCCC/C(=C(\c1ccccc1)c1ccc(OCCN(C)C)cc1)c1ccccc1. The summed E-state index contributed by atoms with van der Waals surface area (Å²) in [5.74, 6) is 0.930. The number of unbranched alkanes of at least 4 members (excludes halogenated alkanes) is 7. The van der Waals surface area contributed by atoms with E-state index in [1.54, 1.807) is 0 Å². The number of ether oxygens (including phenoxy) is 1. The molecule has 0 bridgehead atoms. The van der Waals surface area contributed by atoms with E-state index in [1.807, 2.05) is 0 Å². The zero-order chi connectivity index (χ0) is 26.8. The van der Waals surface area contributed by atoms with Gasteiger partial charge in [-0.1, -0.05) is 111 Å². The maximum atomic E-state index is 5.98. The minimum Gasteiger partial charge on any atom is -0.492 e. The molecule has 0 amide bonds. The monoisotopic (exact) mass is 529 g/mol. The van der Waals surface area contributed by atoms with Crippen molar-refractivity contribution in [1.29, 1.82) is 0 Å². The Kier molecular flexibility index (Phi) is 14.3. The van der Waals surface area contributed by atoms with E-state index in [9.17, 15) is 0 Å². The number of benzene rings is 3. The van der Waals surface area contributed by atoms with Crippen LogP contribution in [0.1, 0.15) is 74.5 Å². The van der Waals surface area contributed by atoms with Gasteiger partial charge in [0, 0.05) is 6.54 Å². The second-order valence-electron chi connectivity index (χ2n) is 10.4. The van der Waals surface area contributed by atoms with Crippen molar-refractivity contribution in [2.24, 2.45) is 0 Å². The summed E-state index contributed by atoms with van der Waals surface area (Å²) in [6, 6.07) is 30.6. The molecule has 1 atom stereocenters. The highest BCUT2D eigenvalue weighted by Crippen LogP contribution is 2.36. The van der Waals surface area contributed by atoms with E-state index in [-0.39, 0.29) is 0 Å². The van der Waals surface area contributed by atoms with Crippen LogP contribution >= 0.6 is 8.58 Å². The summed E-state index contributed by atoms with van der Waals surface area (Å²) in [5, 5.41) is 0. The van der Waals surface area contributed by atoms with Gasteiger partial charge in [0.05, 0.1) is 0 Å². The third-order valence-electron chi connectivity index (χ3n) is 7.04. The standard InChI is InChI=1S/C35H48NOP/c1-36(2)27-28-37-33-25-23-32(24-26-33)35(31-20-14-11-15-21-31)34(30-18-12-10-13-19-30)22-16-8-6-4-5-7-9-17-29-38-3/h10-15,18-21,23-26,38H,4-9,16-17,22,27-29H2,1-3H3/b35-34-. The Labute approximate surface area is 234 Å². The first-order chi connectivity index (χ1) is 18.7. The fraction of sp³-hybridized carbons (Fsp3) is 0.429. The molecule has 0 heterocycles. The molecule has 0 saturated carbocycles. The van der Waals surface area contributed by atoms with Crippen LogP contribution in [0, 0.1) is 0 Å². The summed E-state index contributed by atoms with van der Waals surface area (Å²) in [7, 11) is 5.26. The van der Waals surface area contributed by atoms with Gasteiger partial charge in [0.25, 0.3) is 0 Å². The summed E-state index contributed by atoms with van der Waals surface area (Å²) in [4.78, 5) is 2.14. The van der Waals surface area contributed by atoms with Gasteiger partial charge in [0.2, 0.25) is 0 Å². The van der Waals surface area contributed by atoms with Crippen molar-refractivity contribution in [1.82, 2.24) is 4.90 Å². The molecule has 2 nitrogen and oxygen atoms in total. The molecule has 3 rings (SSSR count). The normalized spacial score (nSPS) is 12.3. The number of hydrogen-bond acceptors (Lipinski definition) is 2. The molecule has 0 spiro atoms. The van der Waals surface area contributed by atoms with Crippen LogP contribution in [0.4, 0.5) is 0 Å². The van der Waals surface area contributed by atoms with E-state index in [4.69, 9.17) is 4.74 Å². The van der Waals surface area contributed by atoms with Crippen LogP contribution in [-0.2, 0) is 0 Å². The molecule has 0 radical (unpaired) electrons. The molecule has 0 aliphatic rings. The highest BCUT2D eigenvalue weighted by atomic mass is 31.1. The second kappa shape index (κ2) is 18.0. The number of rotatable bonds is 18. The van der Waals surface area contributed by atoms with E-state index in [1.165, 1.54) is 85.4 Å². The first kappa shape index (κ1) is 30.1. The fourth-order valence-corrected chi connectivity index (χ4v) is 5.50. The Hall–Kier alpha value is -2.41. The fourth-order valence-electron chi connectivity index (χ4n) is 4.90. The molecule has 204 valence electrons. The van der Waals surface area contributed by atoms with Crippen molar-refractivity contribution in [3.05, 3.63) is 102 Å². The lowest BCUT2D eigenvalue weighted by atomic mass is 9.86. The number of likely N-dealkylation sites (N-methyl/N-ethyl adjacent to an activating group) is 1. The predicted molar refractivity (Wildman–Crippen MR) is 170 cm³/mol. The van der Waals surface area contributed by atoms with Crippen LogP contribution < -0.4 is 4.74 Å². The van der Waals surface area contributed by atoms with E-state index < -0.39 is 0 Å². The molecule has 0 aliphatic carbocycles. The van der Waals surface area contributed by atoms with Crippen LogP contribution in [0.2, 0.25) is 0 Å². The summed E-state index contributed by atoms with van der Waals surface area (Å²) < 4.78 is 5.98. The molecular weight excluding hydrogens is 481 g/mol.